The SMILES string of the molecule is Cc1cc(OCc2ccc(C(F)(F)F)cc2)c(C(=O)O)s1. The van der Waals surface area contributed by atoms with E-state index in [1.807, 2.05) is 0 Å². The van der Waals surface area contributed by atoms with Crippen LogP contribution in [0.25, 0.3) is 0 Å². The first-order chi connectivity index (χ1) is 9.77. The van der Waals surface area contributed by atoms with E-state index in [2.05, 4.69) is 0 Å². The molecule has 1 aromatic carbocycles. The first-order valence-corrected chi connectivity index (χ1v) is 6.71. The number of hydrogen-bond donors (Lipinski definition) is 1. The van der Waals surface area contributed by atoms with Crippen molar-refractivity contribution in [1.29, 1.82) is 0 Å². The number of rotatable bonds is 4. The van der Waals surface area contributed by atoms with Crippen molar-refractivity contribution in [2.75, 3.05) is 0 Å². The Morgan fingerprint density at radius 1 is 1.29 bits per heavy atom. The summed E-state index contributed by atoms with van der Waals surface area (Å²) in [6.07, 6.45) is -4.37. The van der Waals surface area contributed by atoms with E-state index in [0.717, 1.165) is 28.3 Å². The minimum Gasteiger partial charge on any atom is -0.487 e. The fraction of sp³-hybridized carbons (Fsp3) is 0.214. The molecule has 2 aromatic rings. The third kappa shape index (κ3) is 3.75. The van der Waals surface area contributed by atoms with Crippen LogP contribution in [0.15, 0.2) is 30.3 Å². The Morgan fingerprint density at radius 3 is 2.43 bits per heavy atom. The Balaban J connectivity index is 2.08. The van der Waals surface area contributed by atoms with E-state index < -0.39 is 17.7 Å². The zero-order chi connectivity index (χ0) is 15.6. The molecular weight excluding hydrogens is 305 g/mol. The number of carboxylic acid groups (broad SMARTS) is 1. The summed E-state index contributed by atoms with van der Waals surface area (Å²) in [5, 5.41) is 9.01. The van der Waals surface area contributed by atoms with Crippen molar-refractivity contribution in [3.05, 3.63) is 51.2 Å². The summed E-state index contributed by atoms with van der Waals surface area (Å²) >= 11 is 1.09. The van der Waals surface area contributed by atoms with Crippen LogP contribution in [0.5, 0.6) is 5.75 Å². The quantitative estimate of drug-likeness (QED) is 0.912. The molecule has 2 rings (SSSR count). The number of hydrogen-bond acceptors (Lipinski definition) is 3. The van der Waals surface area contributed by atoms with Crippen molar-refractivity contribution in [2.24, 2.45) is 0 Å². The molecule has 1 heterocycles. The van der Waals surface area contributed by atoms with Gasteiger partial charge in [-0.15, -0.1) is 11.3 Å². The third-order valence-electron chi connectivity index (χ3n) is 2.69. The summed E-state index contributed by atoms with van der Waals surface area (Å²) in [6, 6.07) is 6.15. The number of carboxylic acids is 1. The van der Waals surface area contributed by atoms with Gasteiger partial charge in [0, 0.05) is 4.88 Å². The zero-order valence-corrected chi connectivity index (χ0v) is 11.7. The molecule has 0 spiro atoms. The van der Waals surface area contributed by atoms with E-state index in [0.29, 0.717) is 5.56 Å². The minimum absolute atomic E-state index is 0.00852. The standard InChI is InChI=1S/C14H11F3O3S/c1-8-6-11(12(21-8)13(18)19)20-7-9-2-4-10(5-3-9)14(15,16)17/h2-6H,7H2,1H3,(H,18,19). The Morgan fingerprint density at radius 2 is 1.90 bits per heavy atom. The summed E-state index contributed by atoms with van der Waals surface area (Å²) in [6.45, 7) is 1.76. The van der Waals surface area contributed by atoms with E-state index in [1.54, 1.807) is 13.0 Å². The molecule has 1 aromatic heterocycles. The number of aromatic carboxylic acids is 1. The van der Waals surface area contributed by atoms with Crippen molar-refractivity contribution in [1.82, 2.24) is 0 Å². The van der Waals surface area contributed by atoms with Crippen LogP contribution in [0.2, 0.25) is 0 Å². The molecule has 0 radical (unpaired) electrons. The zero-order valence-electron chi connectivity index (χ0n) is 10.9. The van der Waals surface area contributed by atoms with Gasteiger partial charge in [0.1, 0.15) is 12.4 Å². The van der Waals surface area contributed by atoms with Crippen LogP contribution in [-0.4, -0.2) is 11.1 Å². The van der Waals surface area contributed by atoms with Crippen molar-refractivity contribution < 1.29 is 27.8 Å². The van der Waals surface area contributed by atoms with E-state index in [-0.39, 0.29) is 17.2 Å². The molecule has 7 heteroatoms. The smallest absolute Gasteiger partial charge is 0.416 e. The number of thiophene rings is 1. The molecule has 21 heavy (non-hydrogen) atoms. The summed E-state index contributed by atoms with van der Waals surface area (Å²) in [5.41, 5.74) is -0.202. The number of alkyl halides is 3. The van der Waals surface area contributed by atoms with Gasteiger partial charge in [0.05, 0.1) is 5.56 Å². The van der Waals surface area contributed by atoms with Crippen molar-refractivity contribution >= 4 is 17.3 Å². The van der Waals surface area contributed by atoms with Crippen LogP contribution < -0.4 is 4.74 Å². The maximum atomic E-state index is 12.4. The van der Waals surface area contributed by atoms with Gasteiger partial charge in [0.25, 0.3) is 0 Å². The topological polar surface area (TPSA) is 46.5 Å². The average Bonchev–Trinajstić information content (AvgIpc) is 2.77. The highest BCUT2D eigenvalue weighted by atomic mass is 32.1. The van der Waals surface area contributed by atoms with Gasteiger partial charge in [0.15, 0.2) is 4.88 Å². The molecule has 1 N–H and O–H groups in total. The normalized spacial score (nSPS) is 11.4. The van der Waals surface area contributed by atoms with Gasteiger partial charge in [-0.3, -0.25) is 0 Å². The molecule has 0 fully saturated rings. The second-order valence-corrected chi connectivity index (χ2v) is 5.60. The number of ether oxygens (including phenoxy) is 1. The summed E-state index contributed by atoms with van der Waals surface area (Å²) in [5.74, 6) is -0.861. The fourth-order valence-electron chi connectivity index (χ4n) is 1.70. The third-order valence-corrected chi connectivity index (χ3v) is 3.71. The summed E-state index contributed by atoms with van der Waals surface area (Å²) < 4.78 is 42.6. The molecule has 0 saturated carbocycles. The highest BCUT2D eigenvalue weighted by Gasteiger charge is 2.29. The van der Waals surface area contributed by atoms with Crippen LogP contribution in [0.4, 0.5) is 13.2 Å². The average molecular weight is 316 g/mol. The van der Waals surface area contributed by atoms with Crippen LogP contribution in [-0.2, 0) is 12.8 Å². The van der Waals surface area contributed by atoms with E-state index in [9.17, 15) is 18.0 Å². The number of carbonyl (C=O) groups is 1. The Labute approximate surface area is 122 Å². The number of benzene rings is 1. The monoisotopic (exact) mass is 316 g/mol. The second kappa shape index (κ2) is 5.77. The maximum Gasteiger partial charge on any atom is 0.416 e. The highest BCUT2D eigenvalue weighted by Crippen LogP contribution is 2.31. The van der Waals surface area contributed by atoms with Crippen molar-refractivity contribution in [3.8, 4) is 5.75 Å². The molecule has 0 aliphatic carbocycles. The Kier molecular flexibility index (Phi) is 4.22. The van der Waals surface area contributed by atoms with Gasteiger partial charge < -0.3 is 9.84 Å². The first kappa shape index (κ1) is 15.4. The van der Waals surface area contributed by atoms with Crippen LogP contribution in [0.3, 0.4) is 0 Å². The fourth-order valence-corrected chi connectivity index (χ4v) is 2.49. The van der Waals surface area contributed by atoms with Crippen molar-refractivity contribution in [3.63, 3.8) is 0 Å². The molecule has 0 amide bonds. The maximum absolute atomic E-state index is 12.4. The van der Waals surface area contributed by atoms with Gasteiger partial charge in [-0.05, 0) is 30.7 Å². The Hall–Kier alpha value is -2.02. The molecule has 0 unspecified atom stereocenters. The summed E-state index contributed by atoms with van der Waals surface area (Å²) in [7, 11) is 0. The minimum atomic E-state index is -4.37. The lowest BCUT2D eigenvalue weighted by Gasteiger charge is -2.08. The molecule has 0 aliphatic heterocycles. The van der Waals surface area contributed by atoms with Gasteiger partial charge in [0.2, 0.25) is 0 Å². The number of halogens is 3. The number of aryl methyl sites for hydroxylation is 1. The highest BCUT2D eigenvalue weighted by molar-refractivity contribution is 7.14. The molecule has 0 bridgehead atoms. The van der Waals surface area contributed by atoms with Crippen LogP contribution in [0, 0.1) is 6.92 Å². The molecule has 112 valence electrons. The van der Waals surface area contributed by atoms with Gasteiger partial charge >= 0.3 is 12.1 Å². The lowest BCUT2D eigenvalue weighted by atomic mass is 10.1. The van der Waals surface area contributed by atoms with Gasteiger partial charge in [-0.25, -0.2) is 4.79 Å². The van der Waals surface area contributed by atoms with Crippen molar-refractivity contribution in [2.45, 2.75) is 19.7 Å². The second-order valence-electron chi connectivity index (χ2n) is 4.34. The predicted molar refractivity (Wildman–Crippen MR) is 71.8 cm³/mol. The molecule has 0 saturated heterocycles. The van der Waals surface area contributed by atoms with Gasteiger partial charge in [-0.1, -0.05) is 12.1 Å². The van der Waals surface area contributed by atoms with E-state index in [4.69, 9.17) is 9.84 Å². The molecule has 3 nitrogen and oxygen atoms in total. The lowest BCUT2D eigenvalue weighted by Crippen LogP contribution is -2.05. The summed E-state index contributed by atoms with van der Waals surface area (Å²) in [4.78, 5) is 11.9. The lowest BCUT2D eigenvalue weighted by molar-refractivity contribution is -0.137. The van der Waals surface area contributed by atoms with Crippen LogP contribution in [0.1, 0.15) is 25.7 Å². The molecular formula is C14H11F3O3S. The van der Waals surface area contributed by atoms with Gasteiger partial charge in [-0.2, -0.15) is 13.2 Å². The largest absolute Gasteiger partial charge is 0.487 e. The van der Waals surface area contributed by atoms with E-state index in [1.165, 1.54) is 12.1 Å². The van der Waals surface area contributed by atoms with Crippen LogP contribution >= 0.6 is 11.3 Å². The molecule has 0 atom stereocenters. The molecule has 0 aliphatic rings. The first-order valence-electron chi connectivity index (χ1n) is 5.90. The van der Waals surface area contributed by atoms with E-state index >= 15 is 0 Å². The predicted octanol–water partition coefficient (Wildman–Crippen LogP) is 4.35. The Bertz CT molecular complexity index is 644.